The Morgan fingerprint density at radius 1 is 1.53 bits per heavy atom. The number of amides is 1. The molecule has 2 rings (SSSR count). The molecule has 8 heteroatoms. The molecule has 2 heterocycles. The summed E-state index contributed by atoms with van der Waals surface area (Å²) in [5.74, 6) is 5.92. The highest BCUT2D eigenvalue weighted by molar-refractivity contribution is 5.99. The minimum atomic E-state index is -0.211. The first-order chi connectivity index (χ1) is 9.22. The lowest BCUT2D eigenvalue weighted by Gasteiger charge is -2.08. The van der Waals surface area contributed by atoms with E-state index in [1.54, 1.807) is 18.6 Å². The van der Waals surface area contributed by atoms with Crippen LogP contribution in [0.25, 0.3) is 0 Å². The largest absolute Gasteiger partial charge is 0.352 e. The molecule has 0 saturated heterocycles. The number of rotatable bonds is 5. The summed E-state index contributed by atoms with van der Waals surface area (Å²) in [5.41, 5.74) is 3.38. The molecule has 100 valence electrons. The molecule has 19 heavy (non-hydrogen) atoms. The Bertz CT molecular complexity index is 566. The molecule has 0 aliphatic heterocycles. The van der Waals surface area contributed by atoms with Crippen molar-refractivity contribution in [3.05, 3.63) is 36.2 Å². The molecular formula is C11H15N7O. The van der Waals surface area contributed by atoms with E-state index in [4.69, 9.17) is 5.84 Å². The number of nitrogen functional groups attached to an aromatic ring is 1. The second-order valence-corrected chi connectivity index (χ2v) is 3.93. The maximum atomic E-state index is 12.0. The molecule has 0 bridgehead atoms. The van der Waals surface area contributed by atoms with Crippen molar-refractivity contribution in [2.45, 2.75) is 6.42 Å². The van der Waals surface area contributed by atoms with E-state index in [9.17, 15) is 4.79 Å². The van der Waals surface area contributed by atoms with Crippen molar-refractivity contribution in [2.24, 2.45) is 12.9 Å². The highest BCUT2D eigenvalue weighted by Crippen LogP contribution is 2.11. The van der Waals surface area contributed by atoms with Gasteiger partial charge in [-0.05, 0) is 6.07 Å². The van der Waals surface area contributed by atoms with Gasteiger partial charge in [-0.3, -0.25) is 15.6 Å². The minimum absolute atomic E-state index is 0.211. The Hall–Kier alpha value is -2.48. The third-order valence-electron chi connectivity index (χ3n) is 2.66. The van der Waals surface area contributed by atoms with E-state index in [1.807, 2.05) is 11.6 Å². The van der Waals surface area contributed by atoms with Crippen LogP contribution in [0.4, 0.5) is 5.69 Å². The first-order valence-corrected chi connectivity index (χ1v) is 5.74. The molecule has 0 saturated carbocycles. The third-order valence-corrected chi connectivity index (χ3v) is 2.66. The summed E-state index contributed by atoms with van der Waals surface area (Å²) in [6.45, 7) is 0.470. The molecule has 0 aliphatic carbocycles. The predicted molar refractivity (Wildman–Crippen MR) is 69.1 cm³/mol. The van der Waals surface area contributed by atoms with Gasteiger partial charge in [-0.1, -0.05) is 0 Å². The van der Waals surface area contributed by atoms with Crippen LogP contribution in [0.1, 0.15) is 16.2 Å². The van der Waals surface area contributed by atoms with Gasteiger partial charge in [-0.25, -0.2) is 0 Å². The topological polar surface area (TPSA) is 111 Å². The van der Waals surface area contributed by atoms with E-state index in [2.05, 4.69) is 25.9 Å². The van der Waals surface area contributed by atoms with Crippen LogP contribution in [-0.2, 0) is 13.5 Å². The number of carbonyl (C=O) groups is 1. The maximum absolute atomic E-state index is 12.0. The predicted octanol–water partition coefficient (Wildman–Crippen LogP) is -0.532. The molecule has 0 spiro atoms. The minimum Gasteiger partial charge on any atom is -0.352 e. The summed E-state index contributed by atoms with van der Waals surface area (Å²) in [5, 5.41) is 10.5. The highest BCUT2D eigenvalue weighted by atomic mass is 16.1. The molecule has 1 amide bonds. The molecule has 4 N–H and O–H groups in total. The van der Waals surface area contributed by atoms with Crippen molar-refractivity contribution in [1.82, 2.24) is 25.1 Å². The maximum Gasteiger partial charge on any atom is 0.253 e. The summed E-state index contributed by atoms with van der Waals surface area (Å²) in [6.07, 6.45) is 5.27. The summed E-state index contributed by atoms with van der Waals surface area (Å²) < 4.78 is 1.81. The van der Waals surface area contributed by atoms with Gasteiger partial charge in [-0.2, -0.15) is 0 Å². The number of pyridine rings is 1. The lowest BCUT2D eigenvalue weighted by molar-refractivity contribution is 0.0954. The van der Waals surface area contributed by atoms with Gasteiger partial charge in [0.1, 0.15) is 12.2 Å². The van der Waals surface area contributed by atoms with Crippen LogP contribution in [0.3, 0.4) is 0 Å². The van der Waals surface area contributed by atoms with Crippen LogP contribution in [0.15, 0.2) is 24.8 Å². The van der Waals surface area contributed by atoms with Gasteiger partial charge in [0.2, 0.25) is 0 Å². The summed E-state index contributed by atoms with van der Waals surface area (Å²) in [7, 11) is 1.86. The van der Waals surface area contributed by atoms with Crippen molar-refractivity contribution in [2.75, 3.05) is 12.0 Å². The van der Waals surface area contributed by atoms with Gasteiger partial charge in [0.05, 0.1) is 17.4 Å². The molecule has 0 fully saturated rings. The van der Waals surface area contributed by atoms with Gasteiger partial charge >= 0.3 is 0 Å². The summed E-state index contributed by atoms with van der Waals surface area (Å²) >= 11 is 0. The van der Waals surface area contributed by atoms with Crippen LogP contribution in [0, 0.1) is 0 Å². The second kappa shape index (κ2) is 5.91. The van der Waals surface area contributed by atoms with E-state index < -0.39 is 0 Å². The standard InChI is InChI=1S/C11H15N7O/c1-18-7-15-17-10(18)3-5-14-11(19)8-2-4-13-6-9(8)16-12/h2,4,6-7,16H,3,5,12H2,1H3,(H,14,19). The zero-order valence-electron chi connectivity index (χ0n) is 10.5. The monoisotopic (exact) mass is 261 g/mol. The smallest absolute Gasteiger partial charge is 0.253 e. The number of aryl methyl sites for hydroxylation is 1. The second-order valence-electron chi connectivity index (χ2n) is 3.93. The molecular weight excluding hydrogens is 246 g/mol. The Kier molecular flexibility index (Phi) is 4.04. The molecule has 0 aromatic carbocycles. The molecule has 0 aliphatic rings. The Morgan fingerprint density at radius 3 is 3.05 bits per heavy atom. The third kappa shape index (κ3) is 3.05. The van der Waals surface area contributed by atoms with Gasteiger partial charge < -0.3 is 15.3 Å². The normalized spacial score (nSPS) is 10.2. The Balaban J connectivity index is 1.93. The van der Waals surface area contributed by atoms with Crippen LogP contribution < -0.4 is 16.6 Å². The fraction of sp³-hybridized carbons (Fsp3) is 0.273. The van der Waals surface area contributed by atoms with Crippen molar-refractivity contribution < 1.29 is 4.79 Å². The first kappa shape index (κ1) is 13.0. The Labute approximate surface area is 110 Å². The molecule has 0 radical (unpaired) electrons. The van der Waals surface area contributed by atoms with Crippen molar-refractivity contribution in [3.63, 3.8) is 0 Å². The number of aromatic nitrogens is 4. The highest BCUT2D eigenvalue weighted by Gasteiger charge is 2.10. The number of hydrogen-bond donors (Lipinski definition) is 3. The van der Waals surface area contributed by atoms with Crippen LogP contribution in [-0.4, -0.2) is 32.2 Å². The summed E-state index contributed by atoms with van der Waals surface area (Å²) in [4.78, 5) is 15.8. The SMILES string of the molecule is Cn1cnnc1CCNC(=O)c1ccncc1NN. The number of hydrazine groups is 1. The fourth-order valence-corrected chi connectivity index (χ4v) is 1.62. The molecule has 0 unspecified atom stereocenters. The van der Waals surface area contributed by atoms with Gasteiger partial charge in [0.25, 0.3) is 5.91 Å². The fourth-order valence-electron chi connectivity index (χ4n) is 1.62. The first-order valence-electron chi connectivity index (χ1n) is 5.74. The van der Waals surface area contributed by atoms with Crippen molar-refractivity contribution >= 4 is 11.6 Å². The van der Waals surface area contributed by atoms with Crippen molar-refractivity contribution in [3.8, 4) is 0 Å². The van der Waals surface area contributed by atoms with Crippen LogP contribution >= 0.6 is 0 Å². The van der Waals surface area contributed by atoms with Crippen LogP contribution in [0.5, 0.6) is 0 Å². The number of hydrogen-bond acceptors (Lipinski definition) is 6. The zero-order chi connectivity index (χ0) is 13.7. The van der Waals surface area contributed by atoms with E-state index in [-0.39, 0.29) is 5.91 Å². The lowest BCUT2D eigenvalue weighted by Crippen LogP contribution is -2.27. The van der Waals surface area contributed by atoms with E-state index in [0.717, 1.165) is 5.82 Å². The quantitative estimate of drug-likeness (QED) is 0.493. The Morgan fingerprint density at radius 2 is 2.37 bits per heavy atom. The molecule has 8 nitrogen and oxygen atoms in total. The number of carbonyl (C=O) groups excluding carboxylic acids is 1. The van der Waals surface area contributed by atoms with Gasteiger partial charge in [-0.15, -0.1) is 10.2 Å². The molecule has 0 atom stereocenters. The van der Waals surface area contributed by atoms with E-state index >= 15 is 0 Å². The zero-order valence-corrected chi connectivity index (χ0v) is 10.5. The number of anilines is 1. The number of nitrogens with one attached hydrogen (secondary N) is 2. The number of nitrogens with zero attached hydrogens (tertiary/aromatic N) is 4. The number of nitrogens with two attached hydrogens (primary N) is 1. The van der Waals surface area contributed by atoms with Gasteiger partial charge in [0, 0.05) is 26.2 Å². The van der Waals surface area contributed by atoms with Crippen LogP contribution in [0.2, 0.25) is 0 Å². The van der Waals surface area contributed by atoms with Gasteiger partial charge in [0.15, 0.2) is 0 Å². The van der Waals surface area contributed by atoms with E-state index in [0.29, 0.717) is 24.2 Å². The lowest BCUT2D eigenvalue weighted by atomic mass is 10.2. The van der Waals surface area contributed by atoms with Crippen molar-refractivity contribution in [1.29, 1.82) is 0 Å². The summed E-state index contributed by atoms with van der Waals surface area (Å²) in [6, 6.07) is 1.60. The molecule has 2 aromatic rings. The molecule has 2 aromatic heterocycles. The average Bonchev–Trinajstić information content (AvgIpc) is 2.84. The average molecular weight is 261 g/mol. The van der Waals surface area contributed by atoms with E-state index in [1.165, 1.54) is 6.20 Å².